The second-order valence-electron chi connectivity index (χ2n) is 4.52. The Morgan fingerprint density at radius 1 is 1.21 bits per heavy atom. The van der Waals surface area contributed by atoms with Crippen molar-refractivity contribution in [2.75, 3.05) is 25.5 Å². The molecule has 1 nitrogen and oxygen atoms in total. The molecule has 1 rings (SSSR count). The third-order valence-corrected chi connectivity index (χ3v) is 3.60. The van der Waals surface area contributed by atoms with E-state index in [1.165, 1.54) is 58.2 Å². The van der Waals surface area contributed by atoms with Crippen molar-refractivity contribution in [1.29, 1.82) is 0 Å². The molecule has 0 saturated carbocycles. The second kappa shape index (κ2) is 7.53. The number of unbranched alkanes of at least 4 members (excludes halogenated alkanes) is 4. The van der Waals surface area contributed by atoms with Crippen molar-refractivity contribution in [2.24, 2.45) is 5.92 Å². The smallest absolute Gasteiger partial charge is 0.0264 e. The van der Waals surface area contributed by atoms with Gasteiger partial charge in [0.15, 0.2) is 0 Å². The molecule has 0 aromatic carbocycles. The number of rotatable bonds is 7. The molecule has 14 heavy (non-hydrogen) atoms. The van der Waals surface area contributed by atoms with Crippen LogP contribution >= 0.6 is 11.6 Å². The molecule has 84 valence electrons. The van der Waals surface area contributed by atoms with Gasteiger partial charge < -0.3 is 4.90 Å². The number of hydrogen-bond donors (Lipinski definition) is 0. The largest absolute Gasteiger partial charge is 0.303 e. The Labute approximate surface area is 93.8 Å². The first-order valence-corrected chi connectivity index (χ1v) is 6.68. The minimum atomic E-state index is 0.771. The van der Waals surface area contributed by atoms with Crippen molar-refractivity contribution in [3.8, 4) is 0 Å². The molecule has 2 heteroatoms. The van der Waals surface area contributed by atoms with E-state index in [4.69, 9.17) is 11.6 Å². The number of halogens is 1. The Morgan fingerprint density at radius 3 is 2.64 bits per heavy atom. The van der Waals surface area contributed by atoms with Gasteiger partial charge in [-0.2, -0.15) is 0 Å². The lowest BCUT2D eigenvalue weighted by Crippen LogP contribution is -2.22. The summed E-state index contributed by atoms with van der Waals surface area (Å²) >= 11 is 5.85. The molecule has 0 amide bonds. The summed E-state index contributed by atoms with van der Waals surface area (Å²) in [5.41, 5.74) is 0. The van der Waals surface area contributed by atoms with E-state index in [-0.39, 0.29) is 0 Å². The number of hydrogen-bond acceptors (Lipinski definition) is 1. The Morgan fingerprint density at radius 2 is 2.00 bits per heavy atom. The van der Waals surface area contributed by atoms with Crippen LogP contribution in [0.15, 0.2) is 0 Å². The molecule has 0 aliphatic carbocycles. The van der Waals surface area contributed by atoms with E-state index in [9.17, 15) is 0 Å². The molecule has 1 heterocycles. The van der Waals surface area contributed by atoms with Gasteiger partial charge in [-0.1, -0.05) is 32.6 Å². The fourth-order valence-electron chi connectivity index (χ4n) is 2.18. The zero-order chi connectivity index (χ0) is 10.2. The van der Waals surface area contributed by atoms with Crippen LogP contribution in [0.3, 0.4) is 0 Å². The topological polar surface area (TPSA) is 3.24 Å². The van der Waals surface area contributed by atoms with Crippen LogP contribution in [0, 0.1) is 5.92 Å². The van der Waals surface area contributed by atoms with Gasteiger partial charge in [-0.05, 0) is 31.8 Å². The molecule has 1 atom stereocenters. The van der Waals surface area contributed by atoms with Gasteiger partial charge in [-0.3, -0.25) is 0 Å². The summed E-state index contributed by atoms with van der Waals surface area (Å²) in [6.07, 6.45) is 8.29. The van der Waals surface area contributed by atoms with Crippen molar-refractivity contribution in [1.82, 2.24) is 4.90 Å². The quantitative estimate of drug-likeness (QED) is 0.466. The third-order valence-electron chi connectivity index (χ3n) is 3.17. The Hall–Kier alpha value is 0.250. The van der Waals surface area contributed by atoms with Crippen LogP contribution < -0.4 is 0 Å². The van der Waals surface area contributed by atoms with Gasteiger partial charge in [0.2, 0.25) is 0 Å². The van der Waals surface area contributed by atoms with Crippen LogP contribution in [0.5, 0.6) is 0 Å². The van der Waals surface area contributed by atoms with Crippen molar-refractivity contribution in [3.63, 3.8) is 0 Å². The lowest BCUT2D eigenvalue weighted by Gasteiger charge is -2.14. The molecule has 0 N–H and O–H groups in total. The summed E-state index contributed by atoms with van der Waals surface area (Å²) in [4.78, 5) is 2.58. The van der Waals surface area contributed by atoms with Crippen molar-refractivity contribution < 1.29 is 0 Å². The molecule has 0 radical (unpaired) electrons. The average Bonchev–Trinajstić information content (AvgIpc) is 2.65. The summed E-state index contributed by atoms with van der Waals surface area (Å²) in [6, 6.07) is 0. The van der Waals surface area contributed by atoms with Crippen LogP contribution in [-0.2, 0) is 0 Å². The van der Waals surface area contributed by atoms with Crippen molar-refractivity contribution in [2.45, 2.75) is 45.4 Å². The van der Waals surface area contributed by atoms with Gasteiger partial charge >= 0.3 is 0 Å². The van der Waals surface area contributed by atoms with E-state index < -0.39 is 0 Å². The standard InChI is InChI=1S/C12H24ClN/c1-2-3-4-5-6-8-14-9-7-12(10-13)11-14/h12H,2-11H2,1H3. The van der Waals surface area contributed by atoms with E-state index in [1.807, 2.05) is 0 Å². The molecular weight excluding hydrogens is 194 g/mol. The fourth-order valence-corrected chi connectivity index (χ4v) is 2.43. The molecule has 0 spiro atoms. The number of alkyl halides is 1. The highest BCUT2D eigenvalue weighted by Crippen LogP contribution is 2.17. The van der Waals surface area contributed by atoms with Gasteiger partial charge in [-0.25, -0.2) is 0 Å². The summed E-state index contributed by atoms with van der Waals surface area (Å²) in [5.74, 6) is 1.62. The summed E-state index contributed by atoms with van der Waals surface area (Å²) in [5, 5.41) is 0. The highest BCUT2D eigenvalue weighted by atomic mass is 35.5. The van der Waals surface area contributed by atoms with E-state index in [0.717, 1.165) is 11.8 Å². The summed E-state index contributed by atoms with van der Waals surface area (Å²) in [7, 11) is 0. The fraction of sp³-hybridized carbons (Fsp3) is 1.00. The van der Waals surface area contributed by atoms with E-state index in [1.54, 1.807) is 0 Å². The Bertz CT molecular complexity index is 138. The number of nitrogens with zero attached hydrogens (tertiary/aromatic N) is 1. The second-order valence-corrected chi connectivity index (χ2v) is 4.83. The van der Waals surface area contributed by atoms with Gasteiger partial charge in [0.1, 0.15) is 0 Å². The molecule has 0 aromatic heterocycles. The van der Waals surface area contributed by atoms with E-state index in [0.29, 0.717) is 0 Å². The minimum absolute atomic E-state index is 0.771. The maximum atomic E-state index is 5.85. The van der Waals surface area contributed by atoms with Gasteiger partial charge in [-0.15, -0.1) is 11.6 Å². The molecule has 1 fully saturated rings. The van der Waals surface area contributed by atoms with Crippen molar-refractivity contribution >= 4 is 11.6 Å². The zero-order valence-corrected chi connectivity index (χ0v) is 10.2. The first kappa shape index (κ1) is 12.3. The molecule has 1 aliphatic heterocycles. The van der Waals surface area contributed by atoms with Crippen LogP contribution in [-0.4, -0.2) is 30.4 Å². The highest BCUT2D eigenvalue weighted by molar-refractivity contribution is 6.18. The minimum Gasteiger partial charge on any atom is -0.303 e. The Balaban J connectivity index is 1.92. The number of likely N-dealkylation sites (tertiary alicyclic amines) is 1. The maximum absolute atomic E-state index is 5.85. The predicted molar refractivity (Wildman–Crippen MR) is 64.0 cm³/mol. The van der Waals surface area contributed by atoms with Gasteiger partial charge in [0.25, 0.3) is 0 Å². The average molecular weight is 218 g/mol. The van der Waals surface area contributed by atoms with Crippen LogP contribution in [0.2, 0.25) is 0 Å². The van der Waals surface area contributed by atoms with Crippen LogP contribution in [0.4, 0.5) is 0 Å². The van der Waals surface area contributed by atoms with Gasteiger partial charge in [0, 0.05) is 12.4 Å². The Kier molecular flexibility index (Phi) is 6.63. The SMILES string of the molecule is CCCCCCCN1CCC(CCl)C1. The van der Waals surface area contributed by atoms with E-state index in [2.05, 4.69) is 11.8 Å². The maximum Gasteiger partial charge on any atom is 0.0264 e. The van der Waals surface area contributed by atoms with Gasteiger partial charge in [0.05, 0.1) is 0 Å². The zero-order valence-electron chi connectivity index (χ0n) is 9.47. The first-order chi connectivity index (χ1) is 6.86. The molecule has 1 unspecified atom stereocenters. The molecular formula is C12H24ClN. The monoisotopic (exact) mass is 217 g/mol. The predicted octanol–water partition coefficient (Wildman–Crippen LogP) is 3.52. The summed E-state index contributed by atoms with van der Waals surface area (Å²) in [6.45, 7) is 6.10. The first-order valence-electron chi connectivity index (χ1n) is 6.15. The molecule has 1 aliphatic rings. The highest BCUT2D eigenvalue weighted by Gasteiger charge is 2.20. The van der Waals surface area contributed by atoms with Crippen LogP contribution in [0.25, 0.3) is 0 Å². The lowest BCUT2D eigenvalue weighted by atomic mass is 10.1. The summed E-state index contributed by atoms with van der Waals surface area (Å²) < 4.78 is 0. The lowest BCUT2D eigenvalue weighted by molar-refractivity contribution is 0.318. The molecule has 1 saturated heterocycles. The molecule has 0 aromatic rings. The third kappa shape index (κ3) is 4.65. The van der Waals surface area contributed by atoms with Crippen molar-refractivity contribution in [3.05, 3.63) is 0 Å². The normalized spacial score (nSPS) is 23.1. The van der Waals surface area contributed by atoms with E-state index >= 15 is 0 Å². The molecule has 0 bridgehead atoms. The van der Waals surface area contributed by atoms with Crippen LogP contribution in [0.1, 0.15) is 45.4 Å².